The lowest BCUT2D eigenvalue weighted by Crippen LogP contribution is -2.29. The van der Waals surface area contributed by atoms with Crippen molar-refractivity contribution in [3.8, 4) is 11.5 Å². The molecule has 1 aromatic heterocycles. The molecular weight excluding hydrogens is 405 g/mol. The van der Waals surface area contributed by atoms with Gasteiger partial charge in [0.1, 0.15) is 11.9 Å². The fourth-order valence-electron chi connectivity index (χ4n) is 3.33. The molecule has 0 aliphatic heterocycles. The molecular formula is C26H24FN3O2. The van der Waals surface area contributed by atoms with Crippen LogP contribution in [0.25, 0.3) is 11.5 Å². The highest BCUT2D eigenvalue weighted by Crippen LogP contribution is 2.26. The fraction of sp³-hybridized carbons (Fsp3) is 0.192. The van der Waals surface area contributed by atoms with Gasteiger partial charge in [-0.15, -0.1) is 10.2 Å². The Morgan fingerprint density at radius 3 is 2.19 bits per heavy atom. The van der Waals surface area contributed by atoms with Gasteiger partial charge in [-0.2, -0.15) is 0 Å². The predicted octanol–water partition coefficient (Wildman–Crippen LogP) is 5.69. The Morgan fingerprint density at radius 2 is 1.56 bits per heavy atom. The molecule has 0 bridgehead atoms. The molecule has 0 fully saturated rings. The lowest BCUT2D eigenvalue weighted by molar-refractivity contribution is 0.0938. The zero-order valence-electron chi connectivity index (χ0n) is 18.2. The number of rotatable bonds is 5. The summed E-state index contributed by atoms with van der Waals surface area (Å²) in [5, 5.41) is 11.2. The third-order valence-corrected chi connectivity index (χ3v) is 5.20. The number of aromatic nitrogens is 2. The van der Waals surface area contributed by atoms with Crippen molar-refractivity contribution in [1.29, 1.82) is 0 Å². The van der Waals surface area contributed by atoms with Crippen molar-refractivity contribution in [2.75, 3.05) is 0 Å². The number of nitrogens with zero attached hydrogens (tertiary/aromatic N) is 2. The topological polar surface area (TPSA) is 68.0 Å². The summed E-state index contributed by atoms with van der Waals surface area (Å²) < 4.78 is 19.4. The number of carbonyl (C=O) groups is 1. The largest absolute Gasteiger partial charge is 0.418 e. The first-order valence-corrected chi connectivity index (χ1v) is 10.4. The van der Waals surface area contributed by atoms with Crippen molar-refractivity contribution in [2.45, 2.75) is 32.2 Å². The van der Waals surface area contributed by atoms with E-state index in [1.807, 2.05) is 42.5 Å². The van der Waals surface area contributed by atoms with Gasteiger partial charge in [-0.05, 0) is 52.9 Å². The molecule has 3 aromatic carbocycles. The molecule has 0 aliphatic carbocycles. The highest BCUT2D eigenvalue weighted by atomic mass is 19.1. The average molecular weight is 429 g/mol. The van der Waals surface area contributed by atoms with Crippen molar-refractivity contribution < 1.29 is 13.6 Å². The monoisotopic (exact) mass is 429 g/mol. The standard InChI is InChI=1S/C26H24FN3O2/c1-26(2,3)20-13-9-18(10-14-20)23(31)28-22(17-11-15-21(27)16-12-17)25-30-29-24(32-25)19-7-5-4-6-8-19/h4-16,22H,1-3H3,(H,28,31). The van der Waals surface area contributed by atoms with Gasteiger partial charge < -0.3 is 9.73 Å². The third kappa shape index (κ3) is 4.75. The number of nitrogens with one attached hydrogen (secondary N) is 1. The number of halogens is 1. The Kier molecular flexibility index (Phi) is 5.86. The van der Waals surface area contributed by atoms with Gasteiger partial charge in [-0.3, -0.25) is 4.79 Å². The Morgan fingerprint density at radius 1 is 0.906 bits per heavy atom. The third-order valence-electron chi connectivity index (χ3n) is 5.20. The molecule has 0 saturated heterocycles. The summed E-state index contributed by atoms with van der Waals surface area (Å²) in [5.74, 6) is -0.0991. The van der Waals surface area contributed by atoms with Crippen molar-refractivity contribution in [2.24, 2.45) is 0 Å². The maximum Gasteiger partial charge on any atom is 0.252 e. The van der Waals surface area contributed by atoms with E-state index in [9.17, 15) is 9.18 Å². The van der Waals surface area contributed by atoms with E-state index in [2.05, 4.69) is 36.3 Å². The van der Waals surface area contributed by atoms with Gasteiger partial charge >= 0.3 is 0 Å². The summed E-state index contributed by atoms with van der Waals surface area (Å²) in [7, 11) is 0. The molecule has 5 nitrogen and oxygen atoms in total. The molecule has 1 unspecified atom stereocenters. The molecule has 162 valence electrons. The van der Waals surface area contributed by atoms with Gasteiger partial charge in [0.25, 0.3) is 5.91 Å². The number of hydrogen-bond acceptors (Lipinski definition) is 4. The zero-order valence-corrected chi connectivity index (χ0v) is 18.2. The van der Waals surface area contributed by atoms with E-state index in [1.165, 1.54) is 12.1 Å². The van der Waals surface area contributed by atoms with Crippen LogP contribution < -0.4 is 5.32 Å². The molecule has 1 atom stereocenters. The van der Waals surface area contributed by atoms with Crippen molar-refractivity contribution >= 4 is 5.91 Å². The van der Waals surface area contributed by atoms with Crippen molar-refractivity contribution in [3.63, 3.8) is 0 Å². The maximum absolute atomic E-state index is 13.5. The van der Waals surface area contributed by atoms with Crippen LogP contribution >= 0.6 is 0 Å². The summed E-state index contributed by atoms with van der Waals surface area (Å²) in [6.07, 6.45) is 0. The van der Waals surface area contributed by atoms with Crippen LogP contribution in [0.15, 0.2) is 83.3 Å². The van der Waals surface area contributed by atoms with Crippen LogP contribution in [0.1, 0.15) is 54.2 Å². The molecule has 4 aromatic rings. The lowest BCUT2D eigenvalue weighted by Gasteiger charge is -2.20. The minimum Gasteiger partial charge on any atom is -0.418 e. The molecule has 0 aliphatic rings. The zero-order chi connectivity index (χ0) is 22.7. The van der Waals surface area contributed by atoms with Gasteiger partial charge in [-0.1, -0.05) is 63.2 Å². The normalized spacial score (nSPS) is 12.4. The van der Waals surface area contributed by atoms with Gasteiger partial charge in [0, 0.05) is 11.1 Å². The smallest absolute Gasteiger partial charge is 0.252 e. The SMILES string of the molecule is CC(C)(C)c1ccc(C(=O)NC(c2ccc(F)cc2)c2nnc(-c3ccccc3)o2)cc1. The average Bonchev–Trinajstić information content (AvgIpc) is 3.28. The lowest BCUT2D eigenvalue weighted by atomic mass is 9.86. The maximum atomic E-state index is 13.5. The van der Waals surface area contributed by atoms with Gasteiger partial charge in [0.2, 0.25) is 11.8 Å². The molecule has 0 radical (unpaired) electrons. The van der Waals surface area contributed by atoms with Gasteiger partial charge in [-0.25, -0.2) is 4.39 Å². The molecule has 1 N–H and O–H groups in total. The summed E-state index contributed by atoms with van der Waals surface area (Å²) in [6, 6.07) is 22.0. The fourth-order valence-corrected chi connectivity index (χ4v) is 3.33. The Bertz CT molecular complexity index is 1190. The molecule has 32 heavy (non-hydrogen) atoms. The van der Waals surface area contributed by atoms with Crippen LogP contribution in [-0.4, -0.2) is 16.1 Å². The second-order valence-corrected chi connectivity index (χ2v) is 8.60. The highest BCUT2D eigenvalue weighted by molar-refractivity contribution is 5.94. The number of hydrogen-bond donors (Lipinski definition) is 1. The summed E-state index contributed by atoms with van der Waals surface area (Å²) in [4.78, 5) is 13.0. The summed E-state index contributed by atoms with van der Waals surface area (Å²) >= 11 is 0. The number of amides is 1. The molecule has 1 heterocycles. The second kappa shape index (κ2) is 8.75. The Hall–Kier alpha value is -3.80. The summed E-state index contributed by atoms with van der Waals surface area (Å²) in [5.41, 5.74) is 3.03. The predicted molar refractivity (Wildman–Crippen MR) is 121 cm³/mol. The molecule has 1 amide bonds. The van der Waals surface area contributed by atoms with Crippen LogP contribution in [0.4, 0.5) is 4.39 Å². The van der Waals surface area contributed by atoms with E-state index in [0.717, 1.165) is 11.1 Å². The van der Waals surface area contributed by atoms with E-state index in [-0.39, 0.29) is 23.0 Å². The van der Waals surface area contributed by atoms with E-state index in [4.69, 9.17) is 4.42 Å². The minimum absolute atomic E-state index is 0.0107. The Balaban J connectivity index is 1.64. The van der Waals surface area contributed by atoms with Crippen LogP contribution in [0.5, 0.6) is 0 Å². The molecule has 0 spiro atoms. The van der Waals surface area contributed by atoms with Crippen LogP contribution in [0, 0.1) is 5.82 Å². The Labute approximate surface area is 186 Å². The first kappa shape index (κ1) is 21.4. The molecule has 4 rings (SSSR count). The summed E-state index contributed by atoms with van der Waals surface area (Å²) in [6.45, 7) is 6.35. The quantitative estimate of drug-likeness (QED) is 0.442. The van der Waals surface area contributed by atoms with Crippen LogP contribution in [0.3, 0.4) is 0 Å². The van der Waals surface area contributed by atoms with Gasteiger partial charge in [0.15, 0.2) is 0 Å². The van der Waals surface area contributed by atoms with E-state index in [1.54, 1.807) is 24.3 Å². The van der Waals surface area contributed by atoms with Crippen molar-refractivity contribution in [3.05, 3.63) is 107 Å². The number of carbonyl (C=O) groups excluding carboxylic acids is 1. The highest BCUT2D eigenvalue weighted by Gasteiger charge is 2.24. The van der Waals surface area contributed by atoms with E-state index >= 15 is 0 Å². The van der Waals surface area contributed by atoms with Crippen LogP contribution in [0.2, 0.25) is 0 Å². The first-order valence-electron chi connectivity index (χ1n) is 10.4. The molecule has 0 saturated carbocycles. The van der Waals surface area contributed by atoms with E-state index in [0.29, 0.717) is 17.0 Å². The molecule has 6 heteroatoms. The van der Waals surface area contributed by atoms with E-state index < -0.39 is 6.04 Å². The second-order valence-electron chi connectivity index (χ2n) is 8.60. The van der Waals surface area contributed by atoms with Gasteiger partial charge in [0.05, 0.1) is 0 Å². The van der Waals surface area contributed by atoms with Crippen LogP contribution in [-0.2, 0) is 5.41 Å². The first-order chi connectivity index (χ1) is 15.3. The van der Waals surface area contributed by atoms with Crippen molar-refractivity contribution in [1.82, 2.24) is 15.5 Å². The number of benzene rings is 3. The minimum atomic E-state index is -0.727.